The van der Waals surface area contributed by atoms with Crippen molar-refractivity contribution in [3.05, 3.63) is 46.5 Å². The molecule has 4 aliphatic rings. The minimum Gasteiger partial charge on any atom is -0.486 e. The molecule has 2 saturated heterocycles. The SMILES string of the molecule is Cc1c(Cl)ccc2c1NC(=O)C21NC(CCC(N)=O)[C@H]2C(=O)N(c3ccc4c(c3)OCCO4)C(=O)[C@H]21. The number of hydrogen-bond donors (Lipinski definition) is 3. The fourth-order valence-corrected chi connectivity index (χ4v) is 6.12. The van der Waals surface area contributed by atoms with Gasteiger partial charge in [0.15, 0.2) is 11.5 Å². The van der Waals surface area contributed by atoms with Crippen LogP contribution in [-0.2, 0) is 24.7 Å². The zero-order valence-corrected chi connectivity index (χ0v) is 20.1. The Hall–Kier alpha value is -3.63. The van der Waals surface area contributed by atoms with Crippen molar-refractivity contribution in [2.24, 2.45) is 17.6 Å². The molecular formula is C25H23ClN4O6. The average Bonchev–Trinajstić information content (AvgIpc) is 3.44. The summed E-state index contributed by atoms with van der Waals surface area (Å²) in [4.78, 5) is 54.1. The molecule has 0 aliphatic carbocycles. The highest BCUT2D eigenvalue weighted by Gasteiger charge is 2.70. The van der Waals surface area contributed by atoms with Crippen LogP contribution in [0.2, 0.25) is 5.02 Å². The number of imide groups is 1. The molecule has 2 unspecified atom stereocenters. The van der Waals surface area contributed by atoms with E-state index >= 15 is 0 Å². The second-order valence-corrected chi connectivity index (χ2v) is 9.86. The van der Waals surface area contributed by atoms with E-state index in [1.807, 2.05) is 0 Å². The molecule has 0 saturated carbocycles. The van der Waals surface area contributed by atoms with Gasteiger partial charge < -0.3 is 20.5 Å². The molecule has 10 nitrogen and oxygen atoms in total. The van der Waals surface area contributed by atoms with Gasteiger partial charge in [-0.15, -0.1) is 0 Å². The van der Waals surface area contributed by atoms with Gasteiger partial charge >= 0.3 is 0 Å². The molecule has 11 heteroatoms. The van der Waals surface area contributed by atoms with Crippen molar-refractivity contribution in [3.63, 3.8) is 0 Å². The van der Waals surface area contributed by atoms with Crippen molar-refractivity contribution in [1.82, 2.24) is 5.32 Å². The first-order valence-corrected chi connectivity index (χ1v) is 12.1. The molecule has 4 heterocycles. The number of hydrogen-bond acceptors (Lipinski definition) is 7. The molecule has 4 amide bonds. The van der Waals surface area contributed by atoms with Gasteiger partial charge in [-0.05, 0) is 37.1 Å². The molecule has 2 aromatic carbocycles. The van der Waals surface area contributed by atoms with Crippen LogP contribution in [-0.4, -0.2) is 42.9 Å². The van der Waals surface area contributed by atoms with E-state index in [0.717, 1.165) is 4.90 Å². The van der Waals surface area contributed by atoms with E-state index in [9.17, 15) is 19.2 Å². The number of nitrogens with two attached hydrogens (primary N) is 1. The summed E-state index contributed by atoms with van der Waals surface area (Å²) >= 11 is 6.30. The van der Waals surface area contributed by atoms with Crippen molar-refractivity contribution in [2.75, 3.05) is 23.4 Å². The summed E-state index contributed by atoms with van der Waals surface area (Å²) in [5.41, 5.74) is 5.97. The quantitative estimate of drug-likeness (QED) is 0.531. The van der Waals surface area contributed by atoms with Crippen LogP contribution in [0.3, 0.4) is 0 Å². The third-order valence-electron chi connectivity index (χ3n) is 7.57. The molecule has 186 valence electrons. The monoisotopic (exact) mass is 510 g/mol. The maximum absolute atomic E-state index is 14.0. The molecule has 6 rings (SSSR count). The van der Waals surface area contributed by atoms with Crippen LogP contribution in [0.4, 0.5) is 11.4 Å². The van der Waals surface area contributed by atoms with Crippen molar-refractivity contribution in [1.29, 1.82) is 0 Å². The molecule has 0 aromatic heterocycles. The second kappa shape index (κ2) is 7.94. The Balaban J connectivity index is 1.47. The number of primary amides is 1. The van der Waals surface area contributed by atoms with Gasteiger partial charge in [-0.1, -0.05) is 17.7 Å². The molecule has 2 fully saturated rings. The van der Waals surface area contributed by atoms with Gasteiger partial charge in [0.25, 0.3) is 0 Å². The van der Waals surface area contributed by atoms with Gasteiger partial charge in [0.2, 0.25) is 23.6 Å². The van der Waals surface area contributed by atoms with E-state index in [1.165, 1.54) is 0 Å². The van der Waals surface area contributed by atoms with Gasteiger partial charge in [0.1, 0.15) is 18.8 Å². The predicted molar refractivity (Wildman–Crippen MR) is 129 cm³/mol. The van der Waals surface area contributed by atoms with Crippen LogP contribution in [0.5, 0.6) is 11.5 Å². The van der Waals surface area contributed by atoms with Gasteiger partial charge in [-0.3, -0.25) is 24.5 Å². The first-order chi connectivity index (χ1) is 17.2. The van der Waals surface area contributed by atoms with Crippen molar-refractivity contribution >= 4 is 46.6 Å². The number of ether oxygens (including phenoxy) is 2. The molecule has 0 bridgehead atoms. The molecule has 1 spiro atoms. The first-order valence-electron chi connectivity index (χ1n) is 11.7. The van der Waals surface area contributed by atoms with Gasteiger partial charge in [-0.25, -0.2) is 4.90 Å². The standard InChI is InChI=1S/C25H23ClN4O6/c1-11-14(26)4-3-13-21(11)28-24(34)25(13)20-19(15(29-25)5-7-18(27)31)22(32)30(23(20)33)12-2-6-16-17(10-12)36-9-8-35-16/h2-4,6,10,15,19-20,29H,5,7-9H2,1H3,(H2,27,31)(H,28,34)/t15?,19-,20+,25?/m1/s1. The molecule has 4 N–H and O–H groups in total. The highest BCUT2D eigenvalue weighted by molar-refractivity contribution is 6.32. The Morgan fingerprint density at radius 2 is 1.89 bits per heavy atom. The van der Waals surface area contributed by atoms with Gasteiger partial charge in [0, 0.05) is 29.1 Å². The maximum Gasteiger partial charge on any atom is 0.250 e. The summed E-state index contributed by atoms with van der Waals surface area (Å²) in [7, 11) is 0. The number of carbonyl (C=O) groups excluding carboxylic acids is 4. The zero-order valence-electron chi connectivity index (χ0n) is 19.3. The van der Waals surface area contributed by atoms with Gasteiger partial charge in [-0.2, -0.15) is 0 Å². The van der Waals surface area contributed by atoms with E-state index in [-0.39, 0.29) is 12.8 Å². The lowest BCUT2D eigenvalue weighted by molar-refractivity contribution is -0.130. The third kappa shape index (κ3) is 3.00. The topological polar surface area (TPSA) is 140 Å². The molecule has 4 aliphatic heterocycles. The molecule has 2 aromatic rings. The van der Waals surface area contributed by atoms with E-state index in [2.05, 4.69) is 10.6 Å². The Morgan fingerprint density at radius 3 is 2.64 bits per heavy atom. The number of carbonyl (C=O) groups is 4. The molecule has 4 atom stereocenters. The lowest BCUT2D eigenvalue weighted by Crippen LogP contribution is -2.53. The fourth-order valence-electron chi connectivity index (χ4n) is 5.96. The zero-order chi connectivity index (χ0) is 25.4. The smallest absolute Gasteiger partial charge is 0.250 e. The summed E-state index contributed by atoms with van der Waals surface area (Å²) in [5, 5.41) is 6.63. The largest absolute Gasteiger partial charge is 0.486 e. The average molecular weight is 511 g/mol. The number of nitrogens with one attached hydrogen (secondary N) is 2. The fraction of sp³-hybridized carbons (Fsp3) is 0.360. The molecule has 36 heavy (non-hydrogen) atoms. The van der Waals surface area contributed by atoms with Crippen LogP contribution in [0, 0.1) is 18.8 Å². The molecule has 0 radical (unpaired) electrons. The number of benzene rings is 2. The van der Waals surface area contributed by atoms with Crippen molar-refractivity contribution in [3.8, 4) is 11.5 Å². The summed E-state index contributed by atoms with van der Waals surface area (Å²) < 4.78 is 11.2. The van der Waals surface area contributed by atoms with Crippen LogP contribution in [0.1, 0.15) is 24.0 Å². The lowest BCUT2D eigenvalue weighted by atomic mass is 9.76. The number of fused-ring (bicyclic) bond motifs is 5. The summed E-state index contributed by atoms with van der Waals surface area (Å²) in [6.45, 7) is 2.54. The predicted octanol–water partition coefficient (Wildman–Crippen LogP) is 1.61. The Bertz CT molecular complexity index is 1360. The highest BCUT2D eigenvalue weighted by Crippen LogP contribution is 2.55. The summed E-state index contributed by atoms with van der Waals surface area (Å²) in [5.74, 6) is -2.88. The number of amides is 4. The Kier molecular flexibility index (Phi) is 5.03. The Labute approximate surface area is 211 Å². The van der Waals surface area contributed by atoms with Crippen LogP contribution < -0.4 is 30.7 Å². The van der Waals surface area contributed by atoms with E-state index < -0.39 is 47.0 Å². The lowest BCUT2D eigenvalue weighted by Gasteiger charge is -2.30. The Morgan fingerprint density at radius 1 is 1.14 bits per heavy atom. The number of anilines is 2. The summed E-state index contributed by atoms with van der Waals surface area (Å²) in [6, 6.07) is 7.61. The van der Waals surface area contributed by atoms with Crippen LogP contribution in [0.25, 0.3) is 0 Å². The van der Waals surface area contributed by atoms with Crippen molar-refractivity contribution in [2.45, 2.75) is 31.3 Å². The van der Waals surface area contributed by atoms with Crippen LogP contribution in [0.15, 0.2) is 30.3 Å². The van der Waals surface area contributed by atoms with E-state index in [4.69, 9.17) is 26.8 Å². The molecular weight excluding hydrogens is 488 g/mol. The highest BCUT2D eigenvalue weighted by atomic mass is 35.5. The number of nitrogens with zero attached hydrogens (tertiary/aromatic N) is 1. The normalized spacial score (nSPS) is 27.9. The summed E-state index contributed by atoms with van der Waals surface area (Å²) in [6.07, 6.45) is 0.192. The van der Waals surface area contributed by atoms with Crippen molar-refractivity contribution < 1.29 is 28.7 Å². The number of halogens is 1. The minimum atomic E-state index is -1.49. The minimum absolute atomic E-state index is 0.00339. The van der Waals surface area contributed by atoms with E-state index in [0.29, 0.717) is 52.2 Å². The van der Waals surface area contributed by atoms with Gasteiger partial charge in [0.05, 0.1) is 23.2 Å². The third-order valence-corrected chi connectivity index (χ3v) is 7.98. The maximum atomic E-state index is 14.0. The van der Waals surface area contributed by atoms with Crippen LogP contribution >= 0.6 is 11.6 Å². The second-order valence-electron chi connectivity index (χ2n) is 9.46. The first kappa shape index (κ1) is 22.8. The van der Waals surface area contributed by atoms with E-state index in [1.54, 1.807) is 37.3 Å². The number of rotatable bonds is 4.